The highest BCUT2D eigenvalue weighted by Crippen LogP contribution is 2.33. The highest BCUT2D eigenvalue weighted by Gasteiger charge is 2.20. The first-order valence-corrected chi connectivity index (χ1v) is 8.54. The molecule has 0 atom stereocenters. The number of nitro benzene ring substituents is 1. The molecule has 146 valence electrons. The minimum absolute atomic E-state index is 0.0872. The van der Waals surface area contributed by atoms with Gasteiger partial charge in [0.05, 0.1) is 28.9 Å². The van der Waals surface area contributed by atoms with Gasteiger partial charge in [-0.05, 0) is 25.1 Å². The van der Waals surface area contributed by atoms with Crippen LogP contribution in [0.2, 0.25) is 0 Å². The standard InChI is InChI=1S/C19H15FN6O3/c1-11-15-5-3-4-8-25(15)18(22-11)13-6-7-21-19(23-13)24-14-10-16(26(27)28)12(20)9-17(14)29-2/h3-10H,1-2H3,(H,21,23,24). The van der Waals surface area contributed by atoms with E-state index >= 15 is 0 Å². The van der Waals surface area contributed by atoms with Gasteiger partial charge >= 0.3 is 5.69 Å². The van der Waals surface area contributed by atoms with Crippen LogP contribution in [0.25, 0.3) is 17.0 Å². The SMILES string of the molecule is COc1cc(F)c([N+](=O)[O-])cc1Nc1nccc(-c2nc(C)c3ccccn23)n1. The van der Waals surface area contributed by atoms with Crippen LogP contribution in [0.1, 0.15) is 5.69 Å². The van der Waals surface area contributed by atoms with Gasteiger partial charge in [0.25, 0.3) is 0 Å². The van der Waals surface area contributed by atoms with Gasteiger partial charge in [0, 0.05) is 24.5 Å². The van der Waals surface area contributed by atoms with E-state index < -0.39 is 16.4 Å². The number of imidazole rings is 1. The lowest BCUT2D eigenvalue weighted by Crippen LogP contribution is -2.03. The summed E-state index contributed by atoms with van der Waals surface area (Å²) in [6, 6.07) is 9.45. The molecule has 0 saturated carbocycles. The lowest BCUT2D eigenvalue weighted by atomic mass is 10.2. The second-order valence-corrected chi connectivity index (χ2v) is 6.13. The summed E-state index contributed by atoms with van der Waals surface area (Å²) >= 11 is 0. The molecule has 0 fully saturated rings. The average molecular weight is 394 g/mol. The summed E-state index contributed by atoms with van der Waals surface area (Å²) < 4.78 is 20.9. The van der Waals surface area contributed by atoms with Gasteiger partial charge in [0.2, 0.25) is 11.8 Å². The van der Waals surface area contributed by atoms with Crippen LogP contribution in [0.15, 0.2) is 48.8 Å². The fourth-order valence-corrected chi connectivity index (χ4v) is 2.99. The third-order valence-electron chi connectivity index (χ3n) is 4.33. The Morgan fingerprint density at radius 3 is 2.83 bits per heavy atom. The van der Waals surface area contributed by atoms with Gasteiger partial charge < -0.3 is 10.1 Å². The van der Waals surface area contributed by atoms with E-state index in [-0.39, 0.29) is 17.4 Å². The largest absolute Gasteiger partial charge is 0.494 e. The lowest BCUT2D eigenvalue weighted by molar-refractivity contribution is -0.387. The third kappa shape index (κ3) is 3.31. The number of aromatic nitrogens is 4. The molecule has 4 aromatic rings. The van der Waals surface area contributed by atoms with Crippen molar-refractivity contribution >= 4 is 22.8 Å². The van der Waals surface area contributed by atoms with Crippen molar-refractivity contribution in [1.82, 2.24) is 19.4 Å². The summed E-state index contributed by atoms with van der Waals surface area (Å²) in [4.78, 5) is 23.4. The number of fused-ring (bicyclic) bond motifs is 1. The van der Waals surface area contributed by atoms with Crippen LogP contribution in [0.3, 0.4) is 0 Å². The van der Waals surface area contributed by atoms with Gasteiger partial charge in [-0.25, -0.2) is 15.0 Å². The van der Waals surface area contributed by atoms with Crippen molar-refractivity contribution in [2.75, 3.05) is 12.4 Å². The number of aryl methyl sites for hydroxylation is 1. The van der Waals surface area contributed by atoms with E-state index in [0.717, 1.165) is 23.3 Å². The highest BCUT2D eigenvalue weighted by atomic mass is 19.1. The number of nitrogens with zero attached hydrogens (tertiary/aromatic N) is 5. The fraction of sp³-hybridized carbons (Fsp3) is 0.105. The second-order valence-electron chi connectivity index (χ2n) is 6.13. The van der Waals surface area contributed by atoms with Crippen LogP contribution < -0.4 is 10.1 Å². The average Bonchev–Trinajstić information content (AvgIpc) is 3.06. The monoisotopic (exact) mass is 394 g/mol. The van der Waals surface area contributed by atoms with Crippen molar-refractivity contribution < 1.29 is 14.1 Å². The van der Waals surface area contributed by atoms with Crippen LogP contribution in [0.5, 0.6) is 5.75 Å². The van der Waals surface area contributed by atoms with Crippen molar-refractivity contribution in [1.29, 1.82) is 0 Å². The number of ether oxygens (including phenoxy) is 1. The molecule has 0 aliphatic rings. The van der Waals surface area contributed by atoms with Crippen LogP contribution in [0, 0.1) is 22.9 Å². The number of rotatable bonds is 5. The summed E-state index contributed by atoms with van der Waals surface area (Å²) in [5, 5.41) is 13.9. The van der Waals surface area contributed by atoms with Gasteiger partial charge in [-0.3, -0.25) is 14.5 Å². The first-order valence-electron chi connectivity index (χ1n) is 8.54. The van der Waals surface area contributed by atoms with E-state index in [1.54, 1.807) is 6.07 Å². The summed E-state index contributed by atoms with van der Waals surface area (Å²) in [5.74, 6) is -0.122. The lowest BCUT2D eigenvalue weighted by Gasteiger charge is -2.11. The normalized spacial score (nSPS) is 10.9. The van der Waals surface area contributed by atoms with Gasteiger partial charge in [-0.2, -0.15) is 4.39 Å². The molecule has 10 heteroatoms. The Labute approximate surface area is 164 Å². The van der Waals surface area contributed by atoms with Crippen LogP contribution in [-0.4, -0.2) is 31.4 Å². The molecule has 9 nitrogen and oxygen atoms in total. The van der Waals surface area contributed by atoms with E-state index in [9.17, 15) is 14.5 Å². The molecule has 4 rings (SSSR count). The van der Waals surface area contributed by atoms with Crippen molar-refractivity contribution in [3.8, 4) is 17.3 Å². The highest BCUT2D eigenvalue weighted by molar-refractivity contribution is 5.68. The molecule has 0 radical (unpaired) electrons. The number of hydrogen-bond donors (Lipinski definition) is 1. The van der Waals surface area contributed by atoms with Crippen molar-refractivity contribution in [2.45, 2.75) is 6.92 Å². The zero-order valence-electron chi connectivity index (χ0n) is 15.5. The number of nitro groups is 1. The zero-order chi connectivity index (χ0) is 20.5. The van der Waals surface area contributed by atoms with E-state index in [0.29, 0.717) is 11.5 Å². The molecule has 3 heterocycles. The maximum absolute atomic E-state index is 13.9. The van der Waals surface area contributed by atoms with Gasteiger partial charge in [0.15, 0.2) is 5.82 Å². The first kappa shape index (κ1) is 18.3. The smallest absolute Gasteiger partial charge is 0.307 e. The van der Waals surface area contributed by atoms with E-state index in [2.05, 4.69) is 20.3 Å². The van der Waals surface area contributed by atoms with Crippen LogP contribution in [-0.2, 0) is 0 Å². The maximum Gasteiger partial charge on any atom is 0.307 e. The number of nitrogens with one attached hydrogen (secondary N) is 1. The Balaban J connectivity index is 1.75. The minimum Gasteiger partial charge on any atom is -0.494 e. The van der Waals surface area contributed by atoms with Crippen LogP contribution >= 0.6 is 0 Å². The number of anilines is 2. The molecule has 0 saturated heterocycles. The van der Waals surface area contributed by atoms with E-state index in [1.807, 2.05) is 35.7 Å². The fourth-order valence-electron chi connectivity index (χ4n) is 2.99. The Hall–Kier alpha value is -4.08. The molecular weight excluding hydrogens is 379 g/mol. The molecular formula is C19H15FN6O3. The molecule has 0 bridgehead atoms. The van der Waals surface area contributed by atoms with E-state index in [4.69, 9.17) is 4.74 Å². The van der Waals surface area contributed by atoms with Crippen molar-refractivity contribution in [3.63, 3.8) is 0 Å². The molecule has 0 aliphatic carbocycles. The number of hydrogen-bond acceptors (Lipinski definition) is 7. The molecule has 1 N–H and O–H groups in total. The molecule has 0 spiro atoms. The molecule has 0 unspecified atom stereocenters. The minimum atomic E-state index is -0.994. The van der Waals surface area contributed by atoms with Gasteiger partial charge in [0.1, 0.15) is 11.4 Å². The zero-order valence-corrected chi connectivity index (χ0v) is 15.5. The van der Waals surface area contributed by atoms with Crippen molar-refractivity contribution in [3.05, 3.63) is 70.4 Å². The molecule has 29 heavy (non-hydrogen) atoms. The summed E-state index contributed by atoms with van der Waals surface area (Å²) in [6.45, 7) is 1.90. The number of halogens is 1. The Morgan fingerprint density at radius 2 is 2.07 bits per heavy atom. The quantitative estimate of drug-likeness (QED) is 0.404. The second kappa shape index (κ2) is 7.15. The molecule has 1 aromatic carbocycles. The Bertz CT molecular complexity index is 1240. The molecule has 0 amide bonds. The topological polar surface area (TPSA) is 107 Å². The van der Waals surface area contributed by atoms with Crippen molar-refractivity contribution in [2.24, 2.45) is 0 Å². The van der Waals surface area contributed by atoms with E-state index in [1.165, 1.54) is 13.3 Å². The predicted molar refractivity (Wildman–Crippen MR) is 104 cm³/mol. The number of benzene rings is 1. The summed E-state index contributed by atoms with van der Waals surface area (Å²) in [6.07, 6.45) is 3.42. The molecule has 0 aliphatic heterocycles. The summed E-state index contributed by atoms with van der Waals surface area (Å²) in [5.41, 5.74) is 1.84. The van der Waals surface area contributed by atoms with Gasteiger partial charge in [-0.15, -0.1) is 0 Å². The maximum atomic E-state index is 13.9. The number of methoxy groups -OCH3 is 1. The Morgan fingerprint density at radius 1 is 1.24 bits per heavy atom. The summed E-state index contributed by atoms with van der Waals surface area (Å²) in [7, 11) is 1.34. The predicted octanol–water partition coefficient (Wildman–Crippen LogP) is 3.90. The Kier molecular flexibility index (Phi) is 4.51. The first-order chi connectivity index (χ1) is 14.0. The number of pyridine rings is 1. The van der Waals surface area contributed by atoms with Gasteiger partial charge in [-0.1, -0.05) is 6.07 Å². The molecule has 3 aromatic heterocycles. The van der Waals surface area contributed by atoms with Crippen LogP contribution in [0.4, 0.5) is 21.7 Å². The third-order valence-corrected chi connectivity index (χ3v) is 4.33.